The van der Waals surface area contributed by atoms with Gasteiger partial charge in [0, 0.05) is 5.75 Å². The molecule has 0 saturated carbocycles. The van der Waals surface area contributed by atoms with Gasteiger partial charge < -0.3 is 9.47 Å². The summed E-state index contributed by atoms with van der Waals surface area (Å²) < 4.78 is 12.7. The summed E-state index contributed by atoms with van der Waals surface area (Å²) in [6.07, 6.45) is 0. The summed E-state index contributed by atoms with van der Waals surface area (Å²) in [5.41, 5.74) is 1.23. The molecule has 0 spiro atoms. The predicted octanol–water partition coefficient (Wildman–Crippen LogP) is 3.21. The average molecular weight is 330 g/mol. The van der Waals surface area contributed by atoms with Gasteiger partial charge in [0.25, 0.3) is 5.78 Å². The molecular formula is C16H18N4O2S. The van der Waals surface area contributed by atoms with E-state index in [2.05, 4.69) is 27.2 Å². The third-order valence-corrected chi connectivity index (χ3v) is 3.94. The number of benzene rings is 1. The van der Waals surface area contributed by atoms with Crippen LogP contribution in [-0.4, -0.2) is 32.8 Å². The maximum atomic E-state index is 5.61. The van der Waals surface area contributed by atoms with Gasteiger partial charge in [0.1, 0.15) is 0 Å². The van der Waals surface area contributed by atoms with Crippen LogP contribution in [0.15, 0.2) is 41.6 Å². The fourth-order valence-corrected chi connectivity index (χ4v) is 2.83. The maximum absolute atomic E-state index is 5.61. The van der Waals surface area contributed by atoms with E-state index in [1.165, 1.54) is 5.56 Å². The number of aromatic nitrogens is 4. The van der Waals surface area contributed by atoms with Crippen LogP contribution in [0.5, 0.6) is 11.8 Å². The van der Waals surface area contributed by atoms with Crippen molar-refractivity contribution >= 4 is 17.5 Å². The van der Waals surface area contributed by atoms with Crippen LogP contribution in [0.1, 0.15) is 19.4 Å². The third kappa shape index (κ3) is 3.73. The van der Waals surface area contributed by atoms with Crippen molar-refractivity contribution in [1.29, 1.82) is 0 Å². The highest BCUT2D eigenvalue weighted by molar-refractivity contribution is 7.98. The van der Waals surface area contributed by atoms with Crippen molar-refractivity contribution in [2.75, 3.05) is 13.2 Å². The van der Waals surface area contributed by atoms with E-state index in [1.54, 1.807) is 22.3 Å². The van der Waals surface area contributed by atoms with E-state index < -0.39 is 0 Å². The quantitative estimate of drug-likeness (QED) is 0.620. The summed E-state index contributed by atoms with van der Waals surface area (Å²) in [4.78, 5) is 8.81. The molecule has 0 aliphatic carbocycles. The number of rotatable bonds is 7. The van der Waals surface area contributed by atoms with Gasteiger partial charge in [-0.15, -0.1) is 5.10 Å². The first kappa shape index (κ1) is 15.6. The van der Waals surface area contributed by atoms with Crippen molar-refractivity contribution in [1.82, 2.24) is 19.6 Å². The van der Waals surface area contributed by atoms with Crippen molar-refractivity contribution in [2.45, 2.75) is 24.8 Å². The molecule has 0 aliphatic rings. The van der Waals surface area contributed by atoms with Gasteiger partial charge in [-0.1, -0.05) is 42.1 Å². The summed E-state index contributed by atoms with van der Waals surface area (Å²) in [5, 5.41) is 5.14. The molecule has 6 nitrogen and oxygen atoms in total. The third-order valence-electron chi connectivity index (χ3n) is 3.03. The molecule has 3 rings (SSSR count). The molecule has 7 heteroatoms. The van der Waals surface area contributed by atoms with E-state index in [9.17, 15) is 0 Å². The first-order chi connectivity index (χ1) is 11.3. The van der Waals surface area contributed by atoms with Crippen LogP contribution < -0.4 is 9.47 Å². The molecule has 0 unspecified atom stereocenters. The molecule has 0 bridgehead atoms. The first-order valence-electron chi connectivity index (χ1n) is 7.50. The lowest BCUT2D eigenvalue weighted by molar-refractivity contribution is 0.300. The SMILES string of the molecule is CCOc1cc(OCC)n2nc(SCc3ccccc3)nc2n1. The lowest BCUT2D eigenvalue weighted by Gasteiger charge is -2.07. The Balaban J connectivity index is 1.86. The van der Waals surface area contributed by atoms with Crippen molar-refractivity contribution in [3.8, 4) is 11.8 Å². The summed E-state index contributed by atoms with van der Waals surface area (Å²) >= 11 is 1.57. The Kier molecular flexibility index (Phi) is 4.97. The molecule has 0 radical (unpaired) electrons. The Morgan fingerprint density at radius 2 is 1.83 bits per heavy atom. The minimum atomic E-state index is 0.481. The van der Waals surface area contributed by atoms with Gasteiger partial charge in [-0.3, -0.25) is 0 Å². The van der Waals surface area contributed by atoms with E-state index in [0.717, 1.165) is 5.75 Å². The highest BCUT2D eigenvalue weighted by Crippen LogP contribution is 2.24. The van der Waals surface area contributed by atoms with Gasteiger partial charge in [0.2, 0.25) is 16.9 Å². The molecule has 3 aromatic rings. The molecule has 0 aliphatic heterocycles. The topological polar surface area (TPSA) is 61.5 Å². The smallest absolute Gasteiger partial charge is 0.259 e. The Bertz CT molecular complexity index is 776. The average Bonchev–Trinajstić information content (AvgIpc) is 2.98. The Morgan fingerprint density at radius 3 is 2.57 bits per heavy atom. The lowest BCUT2D eigenvalue weighted by atomic mass is 10.2. The Hall–Kier alpha value is -2.28. The number of fused-ring (bicyclic) bond motifs is 1. The maximum Gasteiger partial charge on any atom is 0.259 e. The molecule has 0 N–H and O–H groups in total. The summed E-state index contributed by atoms with van der Waals surface area (Å²) in [6, 6.07) is 12.0. The second-order valence-electron chi connectivity index (χ2n) is 4.68. The Labute approximate surface area is 138 Å². The molecule has 2 heterocycles. The standard InChI is InChI=1S/C16H18N4O2S/c1-3-21-13-10-14(22-4-2)20-15(17-13)18-16(19-20)23-11-12-8-6-5-7-9-12/h5-10H,3-4,11H2,1-2H3. The Morgan fingerprint density at radius 1 is 1.04 bits per heavy atom. The second-order valence-corrected chi connectivity index (χ2v) is 5.62. The van der Waals surface area contributed by atoms with Crippen LogP contribution in [0.3, 0.4) is 0 Å². The molecule has 2 aromatic heterocycles. The zero-order chi connectivity index (χ0) is 16.1. The van der Waals surface area contributed by atoms with E-state index in [-0.39, 0.29) is 0 Å². The largest absolute Gasteiger partial charge is 0.478 e. The summed E-state index contributed by atoms with van der Waals surface area (Å²) in [7, 11) is 0. The summed E-state index contributed by atoms with van der Waals surface area (Å²) in [6.45, 7) is 4.92. The second kappa shape index (κ2) is 7.32. The van der Waals surface area contributed by atoms with Crippen molar-refractivity contribution in [3.05, 3.63) is 42.0 Å². The van der Waals surface area contributed by atoms with Gasteiger partial charge in [0.15, 0.2) is 0 Å². The van der Waals surface area contributed by atoms with Crippen LogP contribution in [0.4, 0.5) is 0 Å². The minimum Gasteiger partial charge on any atom is -0.478 e. The zero-order valence-electron chi connectivity index (χ0n) is 13.1. The van der Waals surface area contributed by atoms with Gasteiger partial charge in [-0.05, 0) is 19.4 Å². The van der Waals surface area contributed by atoms with E-state index in [4.69, 9.17) is 9.47 Å². The van der Waals surface area contributed by atoms with Crippen LogP contribution in [-0.2, 0) is 5.75 Å². The van der Waals surface area contributed by atoms with E-state index in [0.29, 0.717) is 35.9 Å². The van der Waals surface area contributed by atoms with Gasteiger partial charge >= 0.3 is 0 Å². The molecule has 1 aromatic carbocycles. The van der Waals surface area contributed by atoms with E-state index >= 15 is 0 Å². The van der Waals surface area contributed by atoms with Gasteiger partial charge in [-0.25, -0.2) is 0 Å². The number of nitrogens with zero attached hydrogens (tertiary/aromatic N) is 4. The molecule has 120 valence electrons. The van der Waals surface area contributed by atoms with Crippen molar-refractivity contribution in [2.24, 2.45) is 0 Å². The number of hydrogen-bond acceptors (Lipinski definition) is 6. The van der Waals surface area contributed by atoms with Crippen molar-refractivity contribution < 1.29 is 9.47 Å². The fraction of sp³-hybridized carbons (Fsp3) is 0.312. The van der Waals surface area contributed by atoms with Gasteiger partial charge in [-0.2, -0.15) is 14.5 Å². The van der Waals surface area contributed by atoms with Crippen LogP contribution in [0, 0.1) is 0 Å². The molecule has 0 fully saturated rings. The van der Waals surface area contributed by atoms with Crippen molar-refractivity contribution in [3.63, 3.8) is 0 Å². The number of thioether (sulfide) groups is 1. The fourth-order valence-electron chi connectivity index (χ4n) is 2.06. The van der Waals surface area contributed by atoms with Gasteiger partial charge in [0.05, 0.1) is 19.3 Å². The zero-order valence-corrected chi connectivity index (χ0v) is 13.9. The predicted molar refractivity (Wildman–Crippen MR) is 89.1 cm³/mol. The normalized spacial score (nSPS) is 10.9. The molecule has 0 atom stereocenters. The molecule has 0 saturated heterocycles. The van der Waals surface area contributed by atoms with Crippen LogP contribution >= 0.6 is 11.8 Å². The number of ether oxygens (including phenoxy) is 2. The summed E-state index contributed by atoms with van der Waals surface area (Å²) in [5.74, 6) is 2.37. The number of hydrogen-bond donors (Lipinski definition) is 0. The monoisotopic (exact) mass is 330 g/mol. The lowest BCUT2D eigenvalue weighted by Crippen LogP contribution is -2.04. The van der Waals surface area contributed by atoms with Crippen LogP contribution in [0.25, 0.3) is 5.78 Å². The molecule has 0 amide bonds. The minimum absolute atomic E-state index is 0.481. The van der Waals surface area contributed by atoms with Crippen LogP contribution in [0.2, 0.25) is 0 Å². The molecular weight excluding hydrogens is 312 g/mol. The van der Waals surface area contributed by atoms with E-state index in [1.807, 2.05) is 32.0 Å². The first-order valence-corrected chi connectivity index (χ1v) is 8.49. The molecule has 23 heavy (non-hydrogen) atoms. The highest BCUT2D eigenvalue weighted by atomic mass is 32.2. The highest BCUT2D eigenvalue weighted by Gasteiger charge is 2.13.